The van der Waals surface area contributed by atoms with Crippen molar-refractivity contribution in [2.24, 2.45) is 0 Å². The lowest BCUT2D eigenvalue weighted by molar-refractivity contribution is 0.475. The zero-order chi connectivity index (χ0) is 13.5. The molecule has 96 valence electrons. The number of aromatic hydroxyl groups is 1. The van der Waals surface area contributed by atoms with Gasteiger partial charge in [-0.1, -0.05) is 45.9 Å². The Hall–Kier alpha value is -1.77. The van der Waals surface area contributed by atoms with Crippen LogP contribution in [0.2, 0.25) is 0 Å². The van der Waals surface area contributed by atoms with Gasteiger partial charge < -0.3 is 9.52 Å². The number of hydrogen-bond acceptors (Lipinski definition) is 3. The first-order valence-corrected chi connectivity index (χ1v) is 5.89. The molecule has 0 saturated carbocycles. The molecule has 0 saturated heterocycles. The van der Waals surface area contributed by atoms with Crippen LogP contribution in [-0.4, -0.2) is 10.1 Å². The van der Waals surface area contributed by atoms with E-state index in [4.69, 9.17) is 9.52 Å². The molecule has 0 spiro atoms. The number of benzene rings is 1. The van der Waals surface area contributed by atoms with Gasteiger partial charge in [-0.25, -0.2) is 4.98 Å². The molecule has 1 aromatic heterocycles. The molecule has 0 aliphatic heterocycles. The quantitative estimate of drug-likeness (QED) is 0.737. The second-order valence-electron chi connectivity index (χ2n) is 2.39. The molecule has 1 heterocycles. The van der Waals surface area contributed by atoms with Gasteiger partial charge in [-0.15, -0.1) is 0 Å². The van der Waals surface area contributed by atoms with Crippen molar-refractivity contribution in [3.05, 3.63) is 48.7 Å². The maximum atomic E-state index is 8.63. The average molecular weight is 237 g/mol. The van der Waals surface area contributed by atoms with Crippen molar-refractivity contribution in [2.45, 2.75) is 34.6 Å². The number of hydrogen-bond donors (Lipinski definition) is 1. The summed E-state index contributed by atoms with van der Waals surface area (Å²) >= 11 is 0. The highest BCUT2D eigenvalue weighted by atomic mass is 16.3. The van der Waals surface area contributed by atoms with Gasteiger partial charge in [0.05, 0.1) is 6.20 Å². The van der Waals surface area contributed by atoms with E-state index < -0.39 is 0 Å². The zero-order valence-electron chi connectivity index (χ0n) is 11.3. The highest BCUT2D eigenvalue weighted by Gasteiger charge is 1.77. The molecule has 0 fully saturated rings. The smallest absolute Gasteiger partial charge is 0.190 e. The summed E-state index contributed by atoms with van der Waals surface area (Å²) in [5.74, 6) is 1.04. The van der Waals surface area contributed by atoms with Crippen molar-refractivity contribution < 1.29 is 9.52 Å². The van der Waals surface area contributed by atoms with Crippen molar-refractivity contribution in [1.29, 1.82) is 0 Å². The van der Waals surface area contributed by atoms with Gasteiger partial charge in [0.15, 0.2) is 5.89 Å². The maximum absolute atomic E-state index is 8.63. The minimum Gasteiger partial charge on any atom is -0.508 e. The third-order valence-corrected chi connectivity index (χ3v) is 1.31. The second-order valence-corrected chi connectivity index (χ2v) is 2.39. The van der Waals surface area contributed by atoms with Crippen LogP contribution in [-0.2, 0) is 0 Å². The van der Waals surface area contributed by atoms with E-state index in [2.05, 4.69) is 4.98 Å². The standard InChI is InChI=1S/C6H6O.C4H5NO.2C2H6/c7-6-4-2-1-3-5-6;1-4-5-2-3-6-4;2*1-2/h1-5,7H;2-3H,1H3;2*1-2H3. The Labute approximate surface area is 104 Å². The topological polar surface area (TPSA) is 46.3 Å². The first kappa shape index (κ1) is 17.6. The second kappa shape index (κ2) is 14.2. The molecule has 3 nitrogen and oxygen atoms in total. The molecule has 17 heavy (non-hydrogen) atoms. The molecular formula is C14H23NO2. The van der Waals surface area contributed by atoms with E-state index in [0.29, 0.717) is 5.75 Å². The molecule has 0 radical (unpaired) electrons. The van der Waals surface area contributed by atoms with Gasteiger partial charge in [-0.3, -0.25) is 0 Å². The Kier molecular flexibility index (Phi) is 14.7. The van der Waals surface area contributed by atoms with Gasteiger partial charge >= 0.3 is 0 Å². The SMILES string of the molecule is CC.CC.Cc1ncco1.Oc1ccccc1. The van der Waals surface area contributed by atoms with E-state index in [1.807, 2.05) is 33.8 Å². The molecule has 1 N–H and O–H groups in total. The fourth-order valence-corrected chi connectivity index (χ4v) is 0.723. The predicted molar refractivity (Wildman–Crippen MR) is 72.0 cm³/mol. The van der Waals surface area contributed by atoms with Crippen LogP contribution >= 0.6 is 0 Å². The van der Waals surface area contributed by atoms with E-state index in [-0.39, 0.29) is 0 Å². The maximum Gasteiger partial charge on any atom is 0.190 e. The summed E-state index contributed by atoms with van der Waals surface area (Å²) in [6.07, 6.45) is 3.17. The number of nitrogens with zero attached hydrogens (tertiary/aromatic N) is 1. The largest absolute Gasteiger partial charge is 0.508 e. The van der Waals surface area contributed by atoms with Gasteiger partial charge in [0.2, 0.25) is 0 Å². The van der Waals surface area contributed by atoms with Gasteiger partial charge in [-0.2, -0.15) is 0 Å². The van der Waals surface area contributed by atoms with Crippen molar-refractivity contribution in [3.63, 3.8) is 0 Å². The van der Waals surface area contributed by atoms with Crippen molar-refractivity contribution in [3.8, 4) is 5.75 Å². The summed E-state index contributed by atoms with van der Waals surface area (Å²) in [6, 6.07) is 8.71. The first-order chi connectivity index (χ1) is 8.29. The molecule has 0 amide bonds. The van der Waals surface area contributed by atoms with Crippen LogP contribution < -0.4 is 0 Å². The molecule has 0 aliphatic carbocycles. The third-order valence-electron chi connectivity index (χ3n) is 1.31. The molecule has 0 unspecified atom stereocenters. The highest BCUT2D eigenvalue weighted by molar-refractivity contribution is 5.18. The van der Waals surface area contributed by atoms with Crippen molar-refractivity contribution in [2.75, 3.05) is 0 Å². The molecule has 2 aromatic rings. The Morgan fingerprint density at radius 3 is 1.71 bits per heavy atom. The number of rotatable bonds is 0. The van der Waals surface area contributed by atoms with Crippen LogP contribution in [0.5, 0.6) is 5.75 Å². The van der Waals surface area contributed by atoms with Crippen LogP contribution in [0.4, 0.5) is 0 Å². The van der Waals surface area contributed by atoms with Gasteiger partial charge in [0, 0.05) is 6.92 Å². The van der Waals surface area contributed by atoms with Crippen molar-refractivity contribution in [1.82, 2.24) is 4.98 Å². The number of oxazole rings is 1. The molecule has 1 aromatic carbocycles. The fraction of sp³-hybridized carbons (Fsp3) is 0.357. The average Bonchev–Trinajstić information content (AvgIpc) is 2.87. The lowest BCUT2D eigenvalue weighted by atomic mass is 10.3. The number of phenols is 1. The Balaban J connectivity index is 0. The third kappa shape index (κ3) is 12.2. The van der Waals surface area contributed by atoms with Crippen molar-refractivity contribution >= 4 is 0 Å². The van der Waals surface area contributed by atoms with Gasteiger partial charge in [0.1, 0.15) is 12.0 Å². The molecular weight excluding hydrogens is 214 g/mol. The number of aryl methyl sites for hydroxylation is 1. The van der Waals surface area contributed by atoms with E-state index in [1.54, 1.807) is 43.6 Å². The van der Waals surface area contributed by atoms with Gasteiger partial charge in [0.25, 0.3) is 0 Å². The van der Waals surface area contributed by atoms with E-state index >= 15 is 0 Å². The van der Waals surface area contributed by atoms with E-state index in [1.165, 1.54) is 0 Å². The highest BCUT2D eigenvalue weighted by Crippen LogP contribution is 2.02. The Morgan fingerprint density at radius 1 is 1.00 bits per heavy atom. The molecule has 3 heteroatoms. The molecule has 0 bridgehead atoms. The summed E-state index contributed by atoms with van der Waals surface area (Å²) in [6.45, 7) is 9.81. The summed E-state index contributed by atoms with van der Waals surface area (Å²) in [5, 5.41) is 8.63. The molecule has 2 rings (SSSR count). The monoisotopic (exact) mass is 237 g/mol. The normalized spacial score (nSPS) is 7.35. The Morgan fingerprint density at radius 2 is 1.53 bits per heavy atom. The summed E-state index contributed by atoms with van der Waals surface area (Å²) in [4.78, 5) is 3.75. The predicted octanol–water partition coefficient (Wildman–Crippen LogP) is 4.43. The lowest BCUT2D eigenvalue weighted by Gasteiger charge is -1.82. The van der Waals surface area contributed by atoms with Crippen LogP contribution in [0.3, 0.4) is 0 Å². The summed E-state index contributed by atoms with van der Waals surface area (Å²) < 4.78 is 4.72. The Bertz CT molecular complexity index is 317. The summed E-state index contributed by atoms with van der Waals surface area (Å²) in [7, 11) is 0. The number of para-hydroxylation sites is 1. The minimum atomic E-state index is 0.322. The van der Waals surface area contributed by atoms with Crippen LogP contribution in [0.25, 0.3) is 0 Å². The minimum absolute atomic E-state index is 0.322. The molecule has 0 aliphatic rings. The van der Waals surface area contributed by atoms with Crippen LogP contribution in [0.15, 0.2) is 47.2 Å². The van der Waals surface area contributed by atoms with Crippen LogP contribution in [0, 0.1) is 6.92 Å². The van der Waals surface area contributed by atoms with E-state index in [0.717, 1.165) is 5.89 Å². The summed E-state index contributed by atoms with van der Waals surface area (Å²) in [5.41, 5.74) is 0. The first-order valence-electron chi connectivity index (χ1n) is 5.89. The van der Waals surface area contributed by atoms with Crippen LogP contribution in [0.1, 0.15) is 33.6 Å². The van der Waals surface area contributed by atoms with E-state index in [9.17, 15) is 0 Å². The number of phenolic OH excluding ortho intramolecular Hbond substituents is 1. The number of aromatic nitrogens is 1. The zero-order valence-corrected chi connectivity index (χ0v) is 11.3. The fourth-order valence-electron chi connectivity index (χ4n) is 0.723. The molecule has 0 atom stereocenters. The van der Waals surface area contributed by atoms with Gasteiger partial charge in [-0.05, 0) is 12.1 Å². The lowest BCUT2D eigenvalue weighted by Crippen LogP contribution is -1.59.